The largest absolute Gasteiger partial charge is 0.455 e. The number of anilines is 3. The van der Waals surface area contributed by atoms with Crippen LogP contribution in [0.3, 0.4) is 0 Å². The van der Waals surface area contributed by atoms with Crippen molar-refractivity contribution in [3.63, 3.8) is 0 Å². The topological polar surface area (TPSA) is 16.4 Å². The van der Waals surface area contributed by atoms with E-state index < -0.39 is 0 Å². The van der Waals surface area contributed by atoms with Gasteiger partial charge in [0.15, 0.2) is 0 Å². The highest BCUT2D eigenvalue weighted by atomic mass is 16.3. The van der Waals surface area contributed by atoms with Gasteiger partial charge in [0.1, 0.15) is 11.2 Å². The molecule has 58 heavy (non-hydrogen) atoms. The second-order valence-corrected chi connectivity index (χ2v) is 14.9. The summed E-state index contributed by atoms with van der Waals surface area (Å²) in [5.74, 6) is 0. The van der Waals surface area contributed by atoms with Gasteiger partial charge in [-0.2, -0.15) is 0 Å². The van der Waals surface area contributed by atoms with Crippen LogP contribution in [0.5, 0.6) is 0 Å². The van der Waals surface area contributed by atoms with E-state index in [9.17, 15) is 0 Å². The molecule has 11 aromatic rings. The van der Waals surface area contributed by atoms with Crippen LogP contribution >= 0.6 is 0 Å². The van der Waals surface area contributed by atoms with E-state index in [1.807, 2.05) is 0 Å². The SMILES string of the molecule is c1ccc(-c2ccc(N(c3cccc(-c4cccc5oc6c7ccccc7ccc6c45)c3)c3cc(-c4cccc5ccccc45)ccc3-c3ccccc3)cc2)cc1. The maximum Gasteiger partial charge on any atom is 0.143 e. The quantitative estimate of drug-likeness (QED) is 0.162. The number of hydrogen-bond donors (Lipinski definition) is 0. The van der Waals surface area contributed by atoms with E-state index in [0.29, 0.717) is 0 Å². The second kappa shape index (κ2) is 14.1. The highest BCUT2D eigenvalue weighted by molar-refractivity contribution is 6.19. The minimum atomic E-state index is 0.886. The molecular formula is C56H37NO. The van der Waals surface area contributed by atoms with Crippen molar-refractivity contribution >= 4 is 60.5 Å². The van der Waals surface area contributed by atoms with Gasteiger partial charge >= 0.3 is 0 Å². The Balaban J connectivity index is 1.14. The van der Waals surface area contributed by atoms with Crippen LogP contribution in [0.2, 0.25) is 0 Å². The number of furan rings is 1. The summed E-state index contributed by atoms with van der Waals surface area (Å²) in [7, 11) is 0. The van der Waals surface area contributed by atoms with E-state index >= 15 is 0 Å². The molecule has 1 aromatic heterocycles. The molecule has 2 nitrogen and oxygen atoms in total. The molecule has 0 aliphatic carbocycles. The number of nitrogens with zero attached hydrogens (tertiary/aromatic N) is 1. The third-order valence-electron chi connectivity index (χ3n) is 11.5. The lowest BCUT2D eigenvalue weighted by Gasteiger charge is -2.29. The second-order valence-electron chi connectivity index (χ2n) is 14.9. The average Bonchev–Trinajstić information content (AvgIpc) is 3.70. The Bertz CT molecular complexity index is 3270. The number of fused-ring (bicyclic) bond motifs is 6. The van der Waals surface area contributed by atoms with Crippen molar-refractivity contribution in [2.75, 3.05) is 4.90 Å². The maximum atomic E-state index is 6.63. The molecule has 0 unspecified atom stereocenters. The Labute approximate surface area is 337 Å². The van der Waals surface area contributed by atoms with Crippen molar-refractivity contribution in [3.8, 4) is 44.5 Å². The summed E-state index contributed by atoms with van der Waals surface area (Å²) in [5.41, 5.74) is 14.4. The van der Waals surface area contributed by atoms with Crippen molar-refractivity contribution in [2.24, 2.45) is 0 Å². The lowest BCUT2D eigenvalue weighted by molar-refractivity contribution is 0.673. The van der Waals surface area contributed by atoms with Crippen LogP contribution in [0, 0.1) is 0 Å². The molecule has 2 heteroatoms. The number of rotatable bonds is 7. The third-order valence-corrected chi connectivity index (χ3v) is 11.5. The summed E-state index contributed by atoms with van der Waals surface area (Å²) in [6.45, 7) is 0. The zero-order valence-corrected chi connectivity index (χ0v) is 31.7. The zero-order chi connectivity index (χ0) is 38.4. The van der Waals surface area contributed by atoms with E-state index in [1.165, 1.54) is 32.8 Å². The van der Waals surface area contributed by atoms with Gasteiger partial charge in [0.2, 0.25) is 0 Å². The smallest absolute Gasteiger partial charge is 0.143 e. The highest BCUT2D eigenvalue weighted by Crippen LogP contribution is 2.46. The first-order valence-electron chi connectivity index (χ1n) is 19.8. The number of hydrogen-bond acceptors (Lipinski definition) is 2. The van der Waals surface area contributed by atoms with Gasteiger partial charge in [-0.05, 0) is 97.6 Å². The Morgan fingerprint density at radius 1 is 0.310 bits per heavy atom. The summed E-state index contributed by atoms with van der Waals surface area (Å²) < 4.78 is 6.63. The Kier molecular flexibility index (Phi) is 8.19. The molecule has 10 aromatic carbocycles. The first-order chi connectivity index (χ1) is 28.8. The van der Waals surface area contributed by atoms with Crippen LogP contribution in [-0.4, -0.2) is 0 Å². The van der Waals surface area contributed by atoms with Crippen LogP contribution in [0.1, 0.15) is 0 Å². The van der Waals surface area contributed by atoms with Crippen molar-refractivity contribution < 1.29 is 4.42 Å². The van der Waals surface area contributed by atoms with Gasteiger partial charge in [-0.3, -0.25) is 0 Å². The molecule has 0 spiro atoms. The molecule has 0 saturated carbocycles. The maximum absolute atomic E-state index is 6.63. The van der Waals surface area contributed by atoms with Crippen LogP contribution in [-0.2, 0) is 0 Å². The molecular weight excluding hydrogens is 703 g/mol. The van der Waals surface area contributed by atoms with Gasteiger partial charge in [-0.1, -0.05) is 182 Å². The first-order valence-corrected chi connectivity index (χ1v) is 19.8. The summed E-state index contributed by atoms with van der Waals surface area (Å²) >= 11 is 0. The predicted octanol–water partition coefficient (Wildman–Crippen LogP) is 16.0. The molecule has 0 N–H and O–H groups in total. The Morgan fingerprint density at radius 2 is 0.897 bits per heavy atom. The summed E-state index contributed by atoms with van der Waals surface area (Å²) in [6.07, 6.45) is 0. The molecule has 0 radical (unpaired) electrons. The van der Waals surface area contributed by atoms with E-state index in [-0.39, 0.29) is 0 Å². The van der Waals surface area contributed by atoms with Crippen molar-refractivity contribution in [3.05, 3.63) is 224 Å². The van der Waals surface area contributed by atoms with Crippen molar-refractivity contribution in [2.45, 2.75) is 0 Å². The van der Waals surface area contributed by atoms with Crippen molar-refractivity contribution in [1.29, 1.82) is 0 Å². The molecule has 272 valence electrons. The van der Waals surface area contributed by atoms with Crippen LogP contribution in [0.15, 0.2) is 229 Å². The fourth-order valence-corrected chi connectivity index (χ4v) is 8.69. The third kappa shape index (κ3) is 5.82. The van der Waals surface area contributed by atoms with Crippen LogP contribution in [0.25, 0.3) is 88.0 Å². The standard InChI is InChI=1S/C56H37NO/c1-3-14-38(15-4-1)39-28-32-45(33-29-39)57(53-37-44(31-34-49(53)41-16-5-2-6-17-41)48-25-12-20-40-18-7-9-23-47(40)48)46-22-11-21-43(36-46)50-26-13-27-54-55(50)52-35-30-42-19-8-10-24-51(42)56(52)58-54/h1-37H. The summed E-state index contributed by atoms with van der Waals surface area (Å²) in [4.78, 5) is 2.43. The van der Waals surface area contributed by atoms with E-state index in [2.05, 4.69) is 229 Å². The lowest BCUT2D eigenvalue weighted by atomic mass is 9.93. The molecule has 0 amide bonds. The van der Waals surface area contributed by atoms with Crippen LogP contribution < -0.4 is 4.90 Å². The van der Waals surface area contributed by atoms with Gasteiger partial charge in [0.25, 0.3) is 0 Å². The van der Waals surface area contributed by atoms with Crippen LogP contribution in [0.4, 0.5) is 17.1 Å². The highest BCUT2D eigenvalue weighted by Gasteiger charge is 2.21. The Morgan fingerprint density at radius 3 is 1.71 bits per heavy atom. The average molecular weight is 740 g/mol. The van der Waals surface area contributed by atoms with E-state index in [4.69, 9.17) is 4.42 Å². The number of benzene rings is 10. The molecule has 0 fully saturated rings. The van der Waals surface area contributed by atoms with E-state index in [1.54, 1.807) is 0 Å². The van der Waals surface area contributed by atoms with Gasteiger partial charge in [0.05, 0.1) is 5.69 Å². The minimum absolute atomic E-state index is 0.886. The van der Waals surface area contributed by atoms with Crippen molar-refractivity contribution in [1.82, 2.24) is 0 Å². The van der Waals surface area contributed by atoms with E-state index in [0.717, 1.165) is 72.2 Å². The zero-order valence-electron chi connectivity index (χ0n) is 31.7. The molecule has 0 bridgehead atoms. The minimum Gasteiger partial charge on any atom is -0.455 e. The normalized spacial score (nSPS) is 11.4. The van der Waals surface area contributed by atoms with Gasteiger partial charge < -0.3 is 9.32 Å². The molecule has 0 saturated heterocycles. The summed E-state index contributed by atoms with van der Waals surface area (Å²) in [5, 5.41) is 7.01. The monoisotopic (exact) mass is 739 g/mol. The molecule has 0 aliphatic heterocycles. The fraction of sp³-hybridized carbons (Fsp3) is 0. The van der Waals surface area contributed by atoms with Gasteiger partial charge in [-0.25, -0.2) is 0 Å². The lowest BCUT2D eigenvalue weighted by Crippen LogP contribution is -2.11. The fourth-order valence-electron chi connectivity index (χ4n) is 8.69. The Hall–Kier alpha value is -7.68. The predicted molar refractivity (Wildman–Crippen MR) is 245 cm³/mol. The van der Waals surface area contributed by atoms with Gasteiger partial charge in [-0.15, -0.1) is 0 Å². The van der Waals surface area contributed by atoms with Gasteiger partial charge in [0, 0.05) is 33.1 Å². The molecule has 11 rings (SSSR count). The molecule has 0 aliphatic rings. The summed E-state index contributed by atoms with van der Waals surface area (Å²) in [6, 6.07) is 80.7. The molecule has 0 atom stereocenters. The molecule has 1 heterocycles. The first kappa shape index (κ1) is 33.6.